The third-order valence-corrected chi connectivity index (χ3v) is 7.46. The van der Waals surface area contributed by atoms with E-state index in [1.165, 1.54) is 20.0 Å². The van der Waals surface area contributed by atoms with Crippen LogP contribution >= 0.6 is 0 Å². The predicted octanol–water partition coefficient (Wildman–Crippen LogP) is 2.99. The molecule has 1 aromatic carbocycles. The van der Waals surface area contributed by atoms with Gasteiger partial charge in [-0.15, -0.1) is 0 Å². The van der Waals surface area contributed by atoms with Gasteiger partial charge in [0.05, 0.1) is 31.0 Å². The lowest BCUT2D eigenvalue weighted by Crippen LogP contribution is -2.48. The normalized spacial score (nSPS) is 19.8. The van der Waals surface area contributed by atoms with Gasteiger partial charge in [-0.3, -0.25) is 9.59 Å². The van der Waals surface area contributed by atoms with Gasteiger partial charge in [0.2, 0.25) is 5.91 Å². The second-order valence-corrected chi connectivity index (χ2v) is 10.1. The maximum atomic E-state index is 13.5. The molecule has 3 aliphatic rings. The van der Waals surface area contributed by atoms with Crippen LogP contribution in [0.4, 0.5) is 0 Å². The zero-order valence-corrected chi connectivity index (χ0v) is 21.8. The van der Waals surface area contributed by atoms with Gasteiger partial charge in [-0.25, -0.2) is 0 Å². The molecule has 1 saturated carbocycles. The smallest absolute Gasteiger partial charge is 0.255 e. The van der Waals surface area contributed by atoms with Crippen LogP contribution in [0.1, 0.15) is 55.5 Å². The number of hydrogen-bond acceptors (Lipinski definition) is 6. The fourth-order valence-electron chi connectivity index (χ4n) is 5.16. The number of methoxy groups -OCH3 is 2. The number of aromatic amines is 1. The van der Waals surface area contributed by atoms with Crippen molar-refractivity contribution in [1.29, 1.82) is 0 Å². The van der Waals surface area contributed by atoms with Gasteiger partial charge in [0.15, 0.2) is 0 Å². The molecule has 9 heteroatoms. The summed E-state index contributed by atoms with van der Waals surface area (Å²) >= 11 is 0. The molecule has 3 N–H and O–H groups in total. The van der Waals surface area contributed by atoms with Crippen molar-refractivity contribution >= 4 is 17.4 Å². The summed E-state index contributed by atoms with van der Waals surface area (Å²) in [5.41, 5.74) is 4.24. The fourth-order valence-corrected chi connectivity index (χ4v) is 5.16. The molecule has 1 aromatic heterocycles. The lowest BCUT2D eigenvalue weighted by atomic mass is 9.90. The summed E-state index contributed by atoms with van der Waals surface area (Å²) in [6.45, 7) is 3.95. The predicted molar refractivity (Wildman–Crippen MR) is 139 cm³/mol. The molecule has 5 rings (SSSR count). The number of H-pyrrole nitrogens is 1. The summed E-state index contributed by atoms with van der Waals surface area (Å²) in [7, 11) is 3.18. The highest BCUT2D eigenvalue weighted by atomic mass is 16.5. The second kappa shape index (κ2) is 10.9. The molecule has 2 aromatic rings. The largest absolute Gasteiger partial charge is 0.497 e. The molecular weight excluding hydrogens is 472 g/mol. The van der Waals surface area contributed by atoms with E-state index in [-0.39, 0.29) is 30.5 Å². The number of fused-ring (bicyclic) bond motifs is 1. The van der Waals surface area contributed by atoms with Crippen molar-refractivity contribution in [3.8, 4) is 11.5 Å². The number of amides is 2. The first-order valence-electron chi connectivity index (χ1n) is 13.0. The molecule has 37 heavy (non-hydrogen) atoms. The van der Waals surface area contributed by atoms with Crippen molar-refractivity contribution in [1.82, 2.24) is 20.5 Å². The summed E-state index contributed by atoms with van der Waals surface area (Å²) in [6, 6.07) is 7.79. The van der Waals surface area contributed by atoms with Crippen molar-refractivity contribution in [3.05, 3.63) is 53.0 Å². The van der Waals surface area contributed by atoms with Crippen LogP contribution in [0.2, 0.25) is 0 Å². The lowest BCUT2D eigenvalue weighted by Gasteiger charge is -2.33. The quantitative estimate of drug-likeness (QED) is 0.481. The minimum Gasteiger partial charge on any atom is -0.497 e. The van der Waals surface area contributed by atoms with Gasteiger partial charge in [0, 0.05) is 55.3 Å². The average Bonchev–Trinajstić information content (AvgIpc) is 3.61. The highest BCUT2D eigenvalue weighted by Gasteiger charge is 2.33. The van der Waals surface area contributed by atoms with Crippen LogP contribution in [-0.2, 0) is 14.3 Å². The summed E-state index contributed by atoms with van der Waals surface area (Å²) in [4.78, 5) is 30.6. The van der Waals surface area contributed by atoms with Crippen LogP contribution < -0.4 is 20.1 Å². The lowest BCUT2D eigenvalue weighted by molar-refractivity contribution is -0.136. The standard InChI is InChI=1S/C28H36N4O5/c1-17-25(28(34)31-19-9-12-32(13-10-19)24(33)16-35-2)27-22(8-11-29-27)26(30-17)21-7-6-20(36-3)14-23(21)37-15-18-4-5-18/h6-8,11,14,18-19,26,29-30H,4-5,9-10,12-13,15-16H2,1-3H3,(H,31,34). The van der Waals surface area contributed by atoms with Gasteiger partial charge in [-0.05, 0) is 56.7 Å². The summed E-state index contributed by atoms with van der Waals surface area (Å²) in [5, 5.41) is 6.77. The number of piperidine rings is 1. The number of benzene rings is 1. The first kappa shape index (κ1) is 25.2. The molecule has 2 fully saturated rings. The molecule has 1 aliphatic carbocycles. The Hall–Kier alpha value is -3.46. The Morgan fingerprint density at radius 2 is 1.86 bits per heavy atom. The van der Waals surface area contributed by atoms with Crippen molar-refractivity contribution in [2.24, 2.45) is 5.92 Å². The van der Waals surface area contributed by atoms with Crippen LogP contribution in [0.5, 0.6) is 11.5 Å². The molecule has 0 radical (unpaired) electrons. The van der Waals surface area contributed by atoms with Crippen LogP contribution in [0.3, 0.4) is 0 Å². The molecule has 0 bridgehead atoms. The van der Waals surface area contributed by atoms with E-state index in [1.807, 2.05) is 37.4 Å². The molecular formula is C28H36N4O5. The minimum atomic E-state index is -0.159. The van der Waals surface area contributed by atoms with Gasteiger partial charge in [-0.2, -0.15) is 0 Å². The Bertz CT molecular complexity index is 1180. The number of carbonyl (C=O) groups is 2. The first-order valence-corrected chi connectivity index (χ1v) is 13.0. The molecule has 2 aliphatic heterocycles. The third-order valence-electron chi connectivity index (χ3n) is 7.46. The van der Waals surface area contributed by atoms with Crippen LogP contribution in [0, 0.1) is 5.92 Å². The van der Waals surface area contributed by atoms with E-state index in [1.54, 1.807) is 12.0 Å². The highest BCUT2D eigenvalue weighted by Crippen LogP contribution is 2.41. The zero-order valence-electron chi connectivity index (χ0n) is 21.8. The highest BCUT2D eigenvalue weighted by molar-refractivity contribution is 6.20. The fraction of sp³-hybridized carbons (Fsp3) is 0.500. The first-order chi connectivity index (χ1) is 18.0. The maximum Gasteiger partial charge on any atom is 0.255 e. The molecule has 198 valence electrons. The number of aromatic nitrogens is 1. The van der Waals surface area contributed by atoms with Crippen molar-refractivity contribution < 1.29 is 23.8 Å². The van der Waals surface area contributed by atoms with Gasteiger partial charge in [-0.1, -0.05) is 0 Å². The Labute approximate surface area is 217 Å². The number of nitrogens with zero attached hydrogens (tertiary/aromatic N) is 1. The van der Waals surface area contributed by atoms with Crippen LogP contribution in [0.15, 0.2) is 36.2 Å². The van der Waals surface area contributed by atoms with Gasteiger partial charge in [0.25, 0.3) is 5.91 Å². The third kappa shape index (κ3) is 5.46. The number of hydrogen-bond donors (Lipinski definition) is 3. The van der Waals surface area contributed by atoms with Crippen molar-refractivity contribution in [2.75, 3.05) is 40.5 Å². The van der Waals surface area contributed by atoms with Gasteiger partial charge < -0.3 is 34.7 Å². The molecule has 1 unspecified atom stereocenters. The van der Waals surface area contributed by atoms with Crippen LogP contribution in [-0.4, -0.2) is 68.3 Å². The Balaban J connectivity index is 1.32. The minimum absolute atomic E-state index is 0.0107. The summed E-state index contributed by atoms with van der Waals surface area (Å²) in [6.07, 6.45) is 5.74. The molecule has 9 nitrogen and oxygen atoms in total. The van der Waals surface area contributed by atoms with Gasteiger partial charge in [0.1, 0.15) is 18.1 Å². The number of nitrogens with one attached hydrogen (secondary N) is 3. The van der Waals surface area contributed by atoms with Crippen molar-refractivity contribution in [2.45, 2.75) is 44.7 Å². The molecule has 1 atom stereocenters. The number of carbonyl (C=O) groups excluding carboxylic acids is 2. The second-order valence-electron chi connectivity index (χ2n) is 10.1. The SMILES string of the molecule is COCC(=O)N1CCC(NC(=O)C2=C(C)NC(c3ccc(OC)cc3OCC3CC3)c3cc[nH]c32)CC1. The number of likely N-dealkylation sites (tertiary alicyclic amines) is 1. The summed E-state index contributed by atoms with van der Waals surface area (Å²) < 4.78 is 16.6. The van der Waals surface area contributed by atoms with Crippen LogP contribution in [0.25, 0.3) is 5.57 Å². The van der Waals surface area contributed by atoms with E-state index < -0.39 is 0 Å². The van der Waals surface area contributed by atoms with E-state index >= 15 is 0 Å². The van der Waals surface area contributed by atoms with Gasteiger partial charge >= 0.3 is 0 Å². The van der Waals surface area contributed by atoms with E-state index in [0.717, 1.165) is 34.0 Å². The molecule has 1 saturated heterocycles. The molecule has 2 amide bonds. The number of ether oxygens (including phenoxy) is 3. The molecule has 0 spiro atoms. The van der Waals surface area contributed by atoms with E-state index in [2.05, 4.69) is 15.6 Å². The monoisotopic (exact) mass is 508 g/mol. The zero-order chi connectivity index (χ0) is 25.9. The summed E-state index contributed by atoms with van der Waals surface area (Å²) in [5.74, 6) is 2.05. The van der Waals surface area contributed by atoms with E-state index in [9.17, 15) is 9.59 Å². The Morgan fingerprint density at radius 3 is 2.57 bits per heavy atom. The average molecular weight is 509 g/mol. The number of allylic oxidation sites excluding steroid dienone is 1. The number of rotatable bonds is 9. The topological polar surface area (TPSA) is 105 Å². The van der Waals surface area contributed by atoms with E-state index in [4.69, 9.17) is 14.2 Å². The Kier molecular flexibility index (Phi) is 7.41. The Morgan fingerprint density at radius 1 is 1.08 bits per heavy atom. The maximum absolute atomic E-state index is 13.5. The van der Waals surface area contributed by atoms with Crippen molar-refractivity contribution in [3.63, 3.8) is 0 Å². The molecule has 3 heterocycles. The van der Waals surface area contributed by atoms with E-state index in [0.29, 0.717) is 44.0 Å².